The molecule has 2 saturated heterocycles. The van der Waals surface area contributed by atoms with Crippen LogP contribution in [-0.4, -0.2) is 82.0 Å². The van der Waals surface area contributed by atoms with Crippen molar-refractivity contribution in [1.82, 2.24) is 43.9 Å². The highest BCUT2D eigenvalue weighted by Crippen LogP contribution is 2.37. The summed E-state index contributed by atoms with van der Waals surface area (Å²) in [4.78, 5) is 33.6. The van der Waals surface area contributed by atoms with Crippen molar-refractivity contribution in [2.75, 3.05) is 26.2 Å². The van der Waals surface area contributed by atoms with Gasteiger partial charge in [0.1, 0.15) is 29.0 Å². The van der Waals surface area contributed by atoms with Crippen LogP contribution >= 0.6 is 0 Å². The Morgan fingerprint density at radius 2 is 1.93 bits per heavy atom. The van der Waals surface area contributed by atoms with Crippen LogP contribution < -0.4 is 0 Å². The molecule has 1 amide bonds. The largest absolute Gasteiger partial charge is 0.346 e. The highest BCUT2D eigenvalue weighted by Gasteiger charge is 2.48. The monoisotopic (exact) mass is 600 g/mol. The van der Waals surface area contributed by atoms with Crippen molar-refractivity contribution in [2.24, 2.45) is 0 Å². The predicted molar refractivity (Wildman–Crippen MR) is 164 cm³/mol. The normalized spacial score (nSPS) is 17.0. The number of rotatable bonds is 6. The van der Waals surface area contributed by atoms with E-state index >= 15 is 4.39 Å². The Balaban J connectivity index is 0.914. The quantitative estimate of drug-likeness (QED) is 0.299. The van der Waals surface area contributed by atoms with E-state index in [9.17, 15) is 10.1 Å². The number of halogens is 1. The molecule has 0 saturated carbocycles. The van der Waals surface area contributed by atoms with Crippen molar-refractivity contribution >= 4 is 22.6 Å². The van der Waals surface area contributed by atoms with Crippen molar-refractivity contribution in [2.45, 2.75) is 30.8 Å². The summed E-state index contributed by atoms with van der Waals surface area (Å²) in [6, 6.07) is 13.0. The van der Waals surface area contributed by atoms with E-state index in [4.69, 9.17) is 0 Å². The molecule has 6 aromatic rings. The van der Waals surface area contributed by atoms with Crippen LogP contribution in [0.1, 0.15) is 29.6 Å². The molecule has 11 nitrogen and oxygen atoms in total. The number of piperidine rings is 1. The van der Waals surface area contributed by atoms with Gasteiger partial charge in [-0.25, -0.2) is 19.3 Å². The zero-order valence-corrected chi connectivity index (χ0v) is 24.3. The SMILES string of the molecule is N#CCC1(n2cc(-c3ncnc4[nH]ccc34)cn2)CN(C2CCN(C(=O)c3ccc(-c4ccc5nccn5c4)c(F)c3)CC2)C1. The van der Waals surface area contributed by atoms with Gasteiger partial charge in [0.2, 0.25) is 0 Å². The van der Waals surface area contributed by atoms with Crippen LogP contribution in [0.5, 0.6) is 0 Å². The number of fused-ring (bicyclic) bond motifs is 2. The molecule has 2 aliphatic heterocycles. The minimum Gasteiger partial charge on any atom is -0.346 e. The maximum absolute atomic E-state index is 15.2. The van der Waals surface area contributed by atoms with E-state index in [-0.39, 0.29) is 5.91 Å². The number of nitrogens with zero attached hydrogens (tertiary/aromatic N) is 9. The van der Waals surface area contributed by atoms with Crippen molar-refractivity contribution in [3.8, 4) is 28.5 Å². The number of carbonyl (C=O) groups is 1. The Morgan fingerprint density at radius 3 is 2.76 bits per heavy atom. The summed E-state index contributed by atoms with van der Waals surface area (Å²) in [5.41, 5.74) is 4.35. The highest BCUT2D eigenvalue weighted by molar-refractivity contribution is 5.95. The number of imidazole rings is 1. The smallest absolute Gasteiger partial charge is 0.253 e. The van der Waals surface area contributed by atoms with E-state index in [1.165, 1.54) is 12.4 Å². The number of nitriles is 1. The van der Waals surface area contributed by atoms with Crippen molar-refractivity contribution in [1.29, 1.82) is 5.26 Å². The molecular formula is C33H29FN10O. The Hall–Kier alpha value is -5.41. The van der Waals surface area contributed by atoms with Crippen LogP contribution in [0, 0.1) is 17.1 Å². The number of pyridine rings is 1. The first-order valence-corrected chi connectivity index (χ1v) is 15.0. The molecule has 0 atom stereocenters. The lowest BCUT2D eigenvalue weighted by Crippen LogP contribution is -2.66. The van der Waals surface area contributed by atoms with Gasteiger partial charge in [-0.2, -0.15) is 10.4 Å². The second-order valence-corrected chi connectivity index (χ2v) is 11.9. The van der Waals surface area contributed by atoms with E-state index in [1.54, 1.807) is 24.5 Å². The fourth-order valence-corrected chi connectivity index (χ4v) is 6.84. The number of hydrogen-bond acceptors (Lipinski definition) is 7. The Labute approximate surface area is 257 Å². The number of amides is 1. The lowest BCUT2D eigenvalue weighted by atomic mass is 9.83. The van der Waals surface area contributed by atoms with Crippen molar-refractivity contribution in [3.05, 3.63) is 91.3 Å². The molecule has 0 unspecified atom stereocenters. The van der Waals surface area contributed by atoms with E-state index < -0.39 is 11.4 Å². The lowest BCUT2D eigenvalue weighted by molar-refractivity contribution is -0.0412. The Kier molecular flexibility index (Phi) is 6.42. The summed E-state index contributed by atoms with van der Waals surface area (Å²) in [6.45, 7) is 2.61. The molecule has 0 aliphatic carbocycles. The van der Waals surface area contributed by atoms with Crippen molar-refractivity contribution < 1.29 is 9.18 Å². The van der Waals surface area contributed by atoms with Crippen LogP contribution in [0.4, 0.5) is 4.39 Å². The van der Waals surface area contributed by atoms with Gasteiger partial charge >= 0.3 is 0 Å². The molecular weight excluding hydrogens is 571 g/mol. The molecule has 8 rings (SSSR count). The number of nitrogens with one attached hydrogen (secondary N) is 1. The van der Waals surface area contributed by atoms with Gasteiger partial charge in [-0.3, -0.25) is 14.4 Å². The third-order valence-corrected chi connectivity index (χ3v) is 9.28. The van der Waals surface area contributed by atoms with Crippen LogP contribution in [-0.2, 0) is 5.54 Å². The summed E-state index contributed by atoms with van der Waals surface area (Å²) in [5.74, 6) is -0.583. The lowest BCUT2D eigenvalue weighted by Gasteiger charge is -2.53. The Bertz CT molecular complexity index is 2090. The second kappa shape index (κ2) is 10.6. The molecule has 5 aromatic heterocycles. The average Bonchev–Trinajstić information content (AvgIpc) is 3.83. The zero-order chi connectivity index (χ0) is 30.5. The molecule has 2 aliphatic rings. The third kappa shape index (κ3) is 4.63. The molecule has 224 valence electrons. The van der Waals surface area contributed by atoms with Gasteiger partial charge in [-0.05, 0) is 43.2 Å². The number of benzene rings is 1. The first kappa shape index (κ1) is 27.2. The van der Waals surface area contributed by atoms with E-state index in [1.807, 2.05) is 57.0 Å². The first-order valence-electron chi connectivity index (χ1n) is 15.0. The van der Waals surface area contributed by atoms with Gasteiger partial charge in [0.25, 0.3) is 5.91 Å². The average molecular weight is 601 g/mol. The number of carbonyl (C=O) groups excluding carboxylic acids is 1. The maximum atomic E-state index is 15.2. The first-order chi connectivity index (χ1) is 22.0. The Morgan fingerprint density at radius 1 is 1.07 bits per heavy atom. The summed E-state index contributed by atoms with van der Waals surface area (Å²) < 4.78 is 19.0. The minimum absolute atomic E-state index is 0.156. The fraction of sp³-hybridized carbons (Fsp3) is 0.273. The van der Waals surface area contributed by atoms with Gasteiger partial charge in [0.15, 0.2) is 0 Å². The standard InChI is InChI=1S/C33H29FN10O/c34-28-15-22(1-3-26(28)23-2-4-29-36-11-14-42(29)17-23)32(45)41-12-6-25(7-13-41)43-19-33(20-43,8-9-35)44-18-24(16-40-44)30-27-5-10-37-31(27)39-21-38-30/h1-5,10-11,14-18,21,25H,6-8,12-13,19-20H2,(H,37,38,39). The van der Waals surface area contributed by atoms with Crippen LogP contribution in [0.3, 0.4) is 0 Å². The van der Waals surface area contributed by atoms with Gasteiger partial charge in [-0.1, -0.05) is 6.07 Å². The van der Waals surface area contributed by atoms with E-state index in [0.717, 1.165) is 46.3 Å². The summed E-state index contributed by atoms with van der Waals surface area (Å²) >= 11 is 0. The predicted octanol–water partition coefficient (Wildman–Crippen LogP) is 4.50. The van der Waals surface area contributed by atoms with Gasteiger partial charge in [-0.15, -0.1) is 0 Å². The summed E-state index contributed by atoms with van der Waals surface area (Å²) in [6.07, 6.45) is 14.5. The molecule has 7 heterocycles. The molecule has 0 bridgehead atoms. The number of aromatic amines is 1. The number of aromatic nitrogens is 7. The van der Waals surface area contributed by atoms with E-state index in [0.29, 0.717) is 49.8 Å². The molecule has 1 aromatic carbocycles. The summed E-state index contributed by atoms with van der Waals surface area (Å²) in [5, 5.41) is 15.3. The van der Waals surface area contributed by atoms with E-state index in [2.05, 4.69) is 36.0 Å². The molecule has 2 fully saturated rings. The highest BCUT2D eigenvalue weighted by atomic mass is 19.1. The van der Waals surface area contributed by atoms with Gasteiger partial charge in [0, 0.05) is 90.8 Å². The van der Waals surface area contributed by atoms with Crippen LogP contribution in [0.25, 0.3) is 39.1 Å². The molecule has 45 heavy (non-hydrogen) atoms. The summed E-state index contributed by atoms with van der Waals surface area (Å²) in [7, 11) is 0. The third-order valence-electron chi connectivity index (χ3n) is 9.28. The second-order valence-electron chi connectivity index (χ2n) is 11.9. The van der Waals surface area contributed by atoms with Gasteiger partial charge in [0.05, 0.1) is 24.4 Å². The fourth-order valence-electron chi connectivity index (χ4n) is 6.84. The van der Waals surface area contributed by atoms with Crippen LogP contribution in [0.15, 0.2) is 79.9 Å². The minimum atomic E-state index is -0.427. The topological polar surface area (TPSA) is 124 Å². The zero-order valence-electron chi connectivity index (χ0n) is 24.3. The van der Waals surface area contributed by atoms with Gasteiger partial charge < -0.3 is 14.3 Å². The number of H-pyrrole nitrogens is 1. The molecule has 0 radical (unpaired) electrons. The van der Waals surface area contributed by atoms with Crippen LogP contribution in [0.2, 0.25) is 0 Å². The van der Waals surface area contributed by atoms with Crippen molar-refractivity contribution in [3.63, 3.8) is 0 Å². The number of likely N-dealkylation sites (tertiary alicyclic amines) is 2. The maximum Gasteiger partial charge on any atom is 0.253 e. The number of hydrogen-bond donors (Lipinski definition) is 1. The molecule has 0 spiro atoms. The molecule has 1 N–H and O–H groups in total. The molecule has 12 heteroatoms.